The minimum atomic E-state index is -3.60. The Labute approximate surface area is 194 Å². The van der Waals surface area contributed by atoms with Crippen molar-refractivity contribution < 1.29 is 22.7 Å². The summed E-state index contributed by atoms with van der Waals surface area (Å²) in [7, 11) is -3.60. The number of anilines is 1. The van der Waals surface area contributed by atoms with E-state index in [1.165, 1.54) is 4.31 Å². The molecule has 9 heteroatoms. The molecule has 33 heavy (non-hydrogen) atoms. The van der Waals surface area contributed by atoms with Gasteiger partial charge in [0.15, 0.2) is 6.10 Å². The molecule has 0 spiro atoms. The molecule has 1 saturated heterocycles. The van der Waals surface area contributed by atoms with Gasteiger partial charge in [-0.05, 0) is 43.5 Å². The Hall–Kier alpha value is -2.91. The van der Waals surface area contributed by atoms with Crippen LogP contribution in [0.5, 0.6) is 5.75 Å². The molecule has 2 amide bonds. The first kappa shape index (κ1) is 23.3. The van der Waals surface area contributed by atoms with E-state index in [1.54, 1.807) is 48.2 Å². The summed E-state index contributed by atoms with van der Waals surface area (Å²) in [5.41, 5.74) is 1.20. The molecule has 0 radical (unpaired) electrons. The van der Waals surface area contributed by atoms with Crippen LogP contribution in [0.3, 0.4) is 0 Å². The number of nitrogens with zero attached hydrogens (tertiary/aromatic N) is 2. The van der Waals surface area contributed by atoms with Crippen LogP contribution in [0.25, 0.3) is 0 Å². The van der Waals surface area contributed by atoms with Gasteiger partial charge in [0.05, 0.1) is 10.6 Å². The van der Waals surface area contributed by atoms with Crippen LogP contribution in [-0.2, 0) is 26.2 Å². The fourth-order valence-electron chi connectivity index (χ4n) is 4.23. The third kappa shape index (κ3) is 5.04. The molecule has 1 N–H and O–H groups in total. The average Bonchev–Trinajstić information content (AvgIpc) is 2.83. The van der Waals surface area contributed by atoms with Gasteiger partial charge in [0.2, 0.25) is 15.9 Å². The Morgan fingerprint density at radius 3 is 2.55 bits per heavy atom. The van der Waals surface area contributed by atoms with Crippen LogP contribution < -0.4 is 15.0 Å². The van der Waals surface area contributed by atoms with E-state index in [0.717, 1.165) is 19.3 Å². The lowest BCUT2D eigenvalue weighted by atomic mass is 10.1. The molecule has 2 aliphatic rings. The minimum absolute atomic E-state index is 0.0911. The van der Waals surface area contributed by atoms with Crippen LogP contribution in [0, 0.1) is 0 Å². The Balaban J connectivity index is 1.40. The molecule has 176 valence electrons. The van der Waals surface area contributed by atoms with Crippen LogP contribution in [0.1, 0.15) is 38.2 Å². The van der Waals surface area contributed by atoms with Crippen molar-refractivity contribution in [1.82, 2.24) is 9.62 Å². The van der Waals surface area contributed by atoms with Crippen LogP contribution in [0.4, 0.5) is 5.69 Å². The predicted octanol–water partition coefficient (Wildman–Crippen LogP) is 2.68. The van der Waals surface area contributed by atoms with Crippen molar-refractivity contribution >= 4 is 27.5 Å². The lowest BCUT2D eigenvalue weighted by Crippen LogP contribution is -2.45. The zero-order valence-electron chi connectivity index (χ0n) is 18.7. The molecule has 0 aromatic heterocycles. The predicted molar refractivity (Wildman–Crippen MR) is 124 cm³/mol. The van der Waals surface area contributed by atoms with Gasteiger partial charge in [0.25, 0.3) is 5.91 Å². The van der Waals surface area contributed by atoms with Crippen LogP contribution >= 0.6 is 0 Å². The smallest absolute Gasteiger partial charge is 0.267 e. The first-order chi connectivity index (χ1) is 15.9. The fraction of sp³-hybridized carbons (Fsp3) is 0.417. The fourth-order valence-corrected chi connectivity index (χ4v) is 5.97. The minimum Gasteiger partial charge on any atom is -0.479 e. The van der Waals surface area contributed by atoms with Crippen molar-refractivity contribution in [2.24, 2.45) is 0 Å². The van der Waals surface area contributed by atoms with Crippen molar-refractivity contribution in [2.45, 2.75) is 50.2 Å². The largest absolute Gasteiger partial charge is 0.479 e. The van der Waals surface area contributed by atoms with E-state index in [4.69, 9.17) is 4.74 Å². The van der Waals surface area contributed by atoms with Crippen molar-refractivity contribution in [3.05, 3.63) is 54.1 Å². The highest BCUT2D eigenvalue weighted by atomic mass is 32.2. The molecular weight excluding hydrogens is 442 g/mol. The first-order valence-corrected chi connectivity index (χ1v) is 12.7. The molecule has 0 bridgehead atoms. The van der Waals surface area contributed by atoms with Crippen LogP contribution in [-0.4, -0.2) is 50.3 Å². The Morgan fingerprint density at radius 2 is 1.76 bits per heavy atom. The molecule has 0 saturated carbocycles. The number of piperidine rings is 1. The van der Waals surface area contributed by atoms with E-state index in [0.29, 0.717) is 30.1 Å². The molecule has 2 aromatic carbocycles. The summed E-state index contributed by atoms with van der Waals surface area (Å²) in [6, 6.07) is 14.0. The number of sulfonamides is 1. The van der Waals surface area contributed by atoms with Gasteiger partial charge in [-0.2, -0.15) is 4.31 Å². The Kier molecular flexibility index (Phi) is 6.99. The van der Waals surface area contributed by atoms with Crippen molar-refractivity contribution in [2.75, 3.05) is 24.5 Å². The number of carbonyl (C=O) groups excluding carboxylic acids is 2. The SMILES string of the molecule is CC1Oc2ccccc2N(CCC(=O)NCc2ccccc2S(=O)(=O)N2CCCCC2)C1=O. The summed E-state index contributed by atoms with van der Waals surface area (Å²) in [6.07, 6.45) is 2.24. The molecule has 4 rings (SSSR count). The number of para-hydroxylation sites is 2. The van der Waals surface area contributed by atoms with Gasteiger partial charge < -0.3 is 15.0 Å². The summed E-state index contributed by atoms with van der Waals surface area (Å²) in [5.74, 6) is 0.158. The summed E-state index contributed by atoms with van der Waals surface area (Å²) in [4.78, 5) is 27.0. The van der Waals surface area contributed by atoms with E-state index < -0.39 is 16.1 Å². The highest BCUT2D eigenvalue weighted by Crippen LogP contribution is 2.33. The molecule has 1 atom stereocenters. The third-order valence-electron chi connectivity index (χ3n) is 6.02. The van der Waals surface area contributed by atoms with Gasteiger partial charge in [0, 0.05) is 32.6 Å². The molecule has 1 unspecified atom stereocenters. The van der Waals surface area contributed by atoms with Crippen molar-refractivity contribution in [3.8, 4) is 5.75 Å². The molecule has 2 heterocycles. The zero-order chi connectivity index (χ0) is 23.4. The van der Waals surface area contributed by atoms with Crippen molar-refractivity contribution in [3.63, 3.8) is 0 Å². The number of amides is 2. The summed E-state index contributed by atoms with van der Waals surface area (Å²) in [5, 5.41) is 2.81. The number of benzene rings is 2. The summed E-state index contributed by atoms with van der Waals surface area (Å²) >= 11 is 0. The molecule has 2 aromatic rings. The third-order valence-corrected chi connectivity index (χ3v) is 8.02. The van der Waals surface area contributed by atoms with E-state index >= 15 is 0 Å². The lowest BCUT2D eigenvalue weighted by Gasteiger charge is -2.32. The first-order valence-electron chi connectivity index (χ1n) is 11.3. The molecular formula is C24H29N3O5S. The second kappa shape index (κ2) is 9.93. The maximum atomic E-state index is 13.1. The lowest BCUT2D eigenvalue weighted by molar-refractivity contribution is -0.125. The van der Waals surface area contributed by atoms with Gasteiger partial charge in [-0.15, -0.1) is 0 Å². The van der Waals surface area contributed by atoms with Crippen LogP contribution in [0.2, 0.25) is 0 Å². The van der Waals surface area contributed by atoms with E-state index in [1.807, 2.05) is 12.1 Å². The molecule has 0 aliphatic carbocycles. The normalized spacial score (nSPS) is 19.0. The van der Waals surface area contributed by atoms with Gasteiger partial charge >= 0.3 is 0 Å². The maximum Gasteiger partial charge on any atom is 0.267 e. The number of rotatable bonds is 7. The monoisotopic (exact) mass is 471 g/mol. The van der Waals surface area contributed by atoms with Crippen LogP contribution in [0.15, 0.2) is 53.4 Å². The van der Waals surface area contributed by atoms with E-state index in [-0.39, 0.29) is 36.2 Å². The molecule has 2 aliphatic heterocycles. The molecule has 1 fully saturated rings. The van der Waals surface area contributed by atoms with Gasteiger partial charge in [0.1, 0.15) is 5.75 Å². The quantitative estimate of drug-likeness (QED) is 0.670. The average molecular weight is 472 g/mol. The Morgan fingerprint density at radius 1 is 1.06 bits per heavy atom. The number of hydrogen-bond donors (Lipinski definition) is 1. The maximum absolute atomic E-state index is 13.1. The summed E-state index contributed by atoms with van der Waals surface area (Å²) < 4.78 is 33.4. The number of carbonyl (C=O) groups is 2. The summed E-state index contributed by atoms with van der Waals surface area (Å²) in [6.45, 7) is 3.05. The van der Waals surface area contributed by atoms with Gasteiger partial charge in [-0.1, -0.05) is 36.8 Å². The number of hydrogen-bond acceptors (Lipinski definition) is 5. The highest BCUT2D eigenvalue weighted by molar-refractivity contribution is 7.89. The second-order valence-corrected chi connectivity index (χ2v) is 10.2. The standard InChI is InChI=1S/C24H29N3O5S/c1-18-24(29)27(20-10-4-5-11-21(20)32-18)16-13-23(28)25-17-19-9-3-6-12-22(19)33(30,31)26-14-7-2-8-15-26/h3-6,9-12,18H,2,7-8,13-17H2,1H3,(H,25,28). The van der Waals surface area contributed by atoms with Gasteiger partial charge in [-0.25, -0.2) is 8.42 Å². The van der Waals surface area contributed by atoms with Gasteiger partial charge in [-0.3, -0.25) is 9.59 Å². The topological polar surface area (TPSA) is 96.0 Å². The second-order valence-electron chi connectivity index (χ2n) is 8.32. The van der Waals surface area contributed by atoms with E-state index in [2.05, 4.69) is 5.32 Å². The number of fused-ring (bicyclic) bond motifs is 1. The Bertz CT molecular complexity index is 1130. The molecule has 8 nitrogen and oxygen atoms in total. The highest BCUT2D eigenvalue weighted by Gasteiger charge is 2.31. The number of nitrogens with one attached hydrogen (secondary N) is 1. The number of ether oxygens (including phenoxy) is 1. The van der Waals surface area contributed by atoms with Crippen molar-refractivity contribution in [1.29, 1.82) is 0 Å². The van der Waals surface area contributed by atoms with E-state index in [9.17, 15) is 18.0 Å². The zero-order valence-corrected chi connectivity index (χ0v) is 19.5.